The minimum atomic E-state index is -2.47. The van der Waals surface area contributed by atoms with Gasteiger partial charge in [-0.05, 0) is 24.4 Å². The van der Waals surface area contributed by atoms with E-state index in [0.717, 1.165) is 0 Å². The Morgan fingerprint density at radius 3 is 2.75 bits per heavy atom. The van der Waals surface area contributed by atoms with Gasteiger partial charge in [0.05, 0.1) is 10.8 Å². The molecule has 62 valence electrons. The number of isothiocyanates is 1. The molecule has 0 saturated carbocycles. The maximum atomic E-state index is 12.1. The maximum absolute atomic E-state index is 12.1. The molecule has 0 atom stereocenters. The van der Waals surface area contributed by atoms with E-state index in [1.165, 1.54) is 18.2 Å². The molecule has 1 rings (SSSR count). The normalized spacial score (nSPS) is 9.58. The molecule has 1 nitrogen and oxygen atoms in total. The summed E-state index contributed by atoms with van der Waals surface area (Å²) in [7, 11) is 0. The van der Waals surface area contributed by atoms with E-state index >= 15 is 0 Å². The van der Waals surface area contributed by atoms with Crippen molar-refractivity contribution in [1.29, 1.82) is 0 Å². The zero-order valence-corrected chi connectivity index (χ0v) is 6.81. The predicted molar refractivity (Wildman–Crippen MR) is 46.1 cm³/mol. The Morgan fingerprint density at radius 2 is 2.17 bits per heavy atom. The Hall–Kier alpha value is -1.12. The Bertz CT molecular complexity index is 319. The first-order chi connectivity index (χ1) is 5.74. The molecule has 4 heteroatoms. The van der Waals surface area contributed by atoms with Crippen molar-refractivity contribution in [2.24, 2.45) is 4.99 Å². The second-order valence-corrected chi connectivity index (χ2v) is 2.28. The lowest BCUT2D eigenvalue weighted by molar-refractivity contribution is 0.151. The van der Waals surface area contributed by atoms with E-state index in [2.05, 4.69) is 22.4 Å². The summed E-state index contributed by atoms with van der Waals surface area (Å²) in [5, 5.41) is 2.11. The highest BCUT2D eigenvalue weighted by molar-refractivity contribution is 7.78. The van der Waals surface area contributed by atoms with Crippen molar-refractivity contribution < 1.29 is 8.78 Å². The van der Waals surface area contributed by atoms with Crippen LogP contribution in [-0.2, 0) is 0 Å². The summed E-state index contributed by atoms with van der Waals surface area (Å²) in [6, 6.07) is 5.72. The van der Waals surface area contributed by atoms with Gasteiger partial charge in [0.2, 0.25) is 0 Å². The second kappa shape index (κ2) is 4.04. The van der Waals surface area contributed by atoms with Crippen LogP contribution in [0.4, 0.5) is 14.5 Å². The van der Waals surface area contributed by atoms with Crippen LogP contribution in [0.2, 0.25) is 0 Å². The van der Waals surface area contributed by atoms with Crippen molar-refractivity contribution in [2.45, 2.75) is 6.43 Å². The second-order valence-electron chi connectivity index (χ2n) is 2.10. The van der Waals surface area contributed by atoms with Gasteiger partial charge in [-0.1, -0.05) is 12.1 Å². The van der Waals surface area contributed by atoms with Crippen LogP contribution >= 0.6 is 12.2 Å². The molecule has 1 aromatic carbocycles. The Labute approximate surface area is 73.7 Å². The van der Waals surface area contributed by atoms with Crippen molar-refractivity contribution in [3.05, 3.63) is 29.8 Å². The summed E-state index contributed by atoms with van der Waals surface area (Å²) < 4.78 is 24.2. The molecule has 0 aromatic heterocycles. The first-order valence-electron chi connectivity index (χ1n) is 3.20. The monoisotopic (exact) mass is 185 g/mol. The average Bonchev–Trinajstić information content (AvgIpc) is 2.05. The SMILES string of the molecule is FC(F)c1cccc(N=C=S)c1. The minimum absolute atomic E-state index is 0.0542. The van der Waals surface area contributed by atoms with Gasteiger partial charge in [0.1, 0.15) is 0 Å². The highest BCUT2D eigenvalue weighted by Gasteiger charge is 2.05. The summed E-state index contributed by atoms with van der Waals surface area (Å²) in [4.78, 5) is 3.58. The molecule has 0 bridgehead atoms. The topological polar surface area (TPSA) is 12.4 Å². The van der Waals surface area contributed by atoms with Gasteiger partial charge in [-0.25, -0.2) is 8.78 Å². The minimum Gasteiger partial charge on any atom is -0.205 e. The van der Waals surface area contributed by atoms with Gasteiger partial charge < -0.3 is 0 Å². The number of thiocarbonyl (C=S) groups is 1. The Morgan fingerprint density at radius 1 is 1.42 bits per heavy atom. The number of hydrogen-bond donors (Lipinski definition) is 0. The molecule has 0 amide bonds. The van der Waals surface area contributed by atoms with E-state index in [0.29, 0.717) is 5.69 Å². The lowest BCUT2D eigenvalue weighted by Gasteiger charge is -1.98. The molecule has 1 aromatic rings. The first-order valence-corrected chi connectivity index (χ1v) is 3.61. The summed E-state index contributed by atoms with van der Waals surface area (Å²) in [6.45, 7) is 0. The number of halogens is 2. The van der Waals surface area contributed by atoms with Crippen molar-refractivity contribution in [3.8, 4) is 0 Å². The van der Waals surface area contributed by atoms with E-state index in [1.54, 1.807) is 6.07 Å². The van der Waals surface area contributed by atoms with Gasteiger partial charge in [-0.15, -0.1) is 0 Å². The van der Waals surface area contributed by atoms with Crippen LogP contribution in [-0.4, -0.2) is 5.16 Å². The van der Waals surface area contributed by atoms with Gasteiger partial charge in [-0.3, -0.25) is 0 Å². The highest BCUT2D eigenvalue weighted by atomic mass is 32.1. The van der Waals surface area contributed by atoms with E-state index in [1.807, 2.05) is 0 Å². The van der Waals surface area contributed by atoms with Crippen molar-refractivity contribution in [2.75, 3.05) is 0 Å². The van der Waals surface area contributed by atoms with Crippen molar-refractivity contribution in [3.63, 3.8) is 0 Å². The van der Waals surface area contributed by atoms with E-state index in [9.17, 15) is 8.78 Å². The lowest BCUT2D eigenvalue weighted by Crippen LogP contribution is -1.81. The Balaban J connectivity index is 3.03. The van der Waals surface area contributed by atoms with Crippen LogP contribution in [0.5, 0.6) is 0 Å². The van der Waals surface area contributed by atoms with E-state index < -0.39 is 6.43 Å². The van der Waals surface area contributed by atoms with Crippen molar-refractivity contribution in [1.82, 2.24) is 0 Å². The molecule has 0 aliphatic heterocycles. The van der Waals surface area contributed by atoms with Gasteiger partial charge in [0.15, 0.2) is 0 Å². The largest absolute Gasteiger partial charge is 0.263 e. The number of aliphatic imine (C=N–C) groups is 1. The third kappa shape index (κ3) is 2.19. The van der Waals surface area contributed by atoms with Crippen LogP contribution in [0.1, 0.15) is 12.0 Å². The molecule has 0 aliphatic rings. The van der Waals surface area contributed by atoms with Gasteiger partial charge in [0, 0.05) is 5.56 Å². The molecule has 0 aliphatic carbocycles. The van der Waals surface area contributed by atoms with Gasteiger partial charge >= 0.3 is 0 Å². The molecule has 0 N–H and O–H groups in total. The Kier molecular flexibility index (Phi) is 3.02. The zero-order chi connectivity index (χ0) is 8.97. The summed E-state index contributed by atoms with van der Waals surface area (Å²) >= 11 is 4.34. The average molecular weight is 185 g/mol. The molecular formula is C8H5F2NS. The standard InChI is InChI=1S/C8H5F2NS/c9-8(10)6-2-1-3-7(4-6)11-5-12/h1-4,8H. The third-order valence-electron chi connectivity index (χ3n) is 1.30. The predicted octanol–water partition coefficient (Wildman–Crippen LogP) is 3.36. The van der Waals surface area contributed by atoms with E-state index in [4.69, 9.17) is 0 Å². The first kappa shape index (κ1) is 8.97. The smallest absolute Gasteiger partial charge is 0.205 e. The number of rotatable bonds is 2. The van der Waals surface area contributed by atoms with Gasteiger partial charge in [-0.2, -0.15) is 4.99 Å². The summed E-state index contributed by atoms with van der Waals surface area (Å²) in [5.74, 6) is 0. The molecule has 0 heterocycles. The number of benzene rings is 1. The molecule has 0 spiro atoms. The summed E-state index contributed by atoms with van der Waals surface area (Å²) in [6.07, 6.45) is -2.47. The quantitative estimate of drug-likeness (QED) is 0.508. The van der Waals surface area contributed by atoms with Crippen LogP contribution in [0.3, 0.4) is 0 Å². The third-order valence-corrected chi connectivity index (χ3v) is 1.39. The fraction of sp³-hybridized carbons (Fsp3) is 0.125. The number of hydrogen-bond acceptors (Lipinski definition) is 2. The fourth-order valence-corrected chi connectivity index (χ4v) is 0.888. The summed E-state index contributed by atoms with van der Waals surface area (Å²) in [5.41, 5.74) is 0.351. The van der Waals surface area contributed by atoms with Crippen LogP contribution < -0.4 is 0 Å². The molecule has 0 fully saturated rings. The van der Waals surface area contributed by atoms with Crippen molar-refractivity contribution >= 4 is 23.1 Å². The molecule has 0 radical (unpaired) electrons. The van der Waals surface area contributed by atoms with E-state index in [-0.39, 0.29) is 5.56 Å². The highest BCUT2D eigenvalue weighted by Crippen LogP contribution is 2.22. The molecule has 0 saturated heterocycles. The van der Waals surface area contributed by atoms with Gasteiger partial charge in [0.25, 0.3) is 6.43 Å². The van der Waals surface area contributed by atoms with Crippen LogP contribution in [0.25, 0.3) is 0 Å². The lowest BCUT2D eigenvalue weighted by atomic mass is 10.2. The van der Waals surface area contributed by atoms with Crippen LogP contribution in [0, 0.1) is 0 Å². The molecule has 12 heavy (non-hydrogen) atoms. The molecule has 0 unspecified atom stereocenters. The number of alkyl halides is 2. The number of nitrogens with zero attached hydrogens (tertiary/aromatic N) is 1. The zero-order valence-electron chi connectivity index (χ0n) is 6.00. The maximum Gasteiger partial charge on any atom is 0.263 e. The molecular weight excluding hydrogens is 180 g/mol. The fourth-order valence-electron chi connectivity index (χ4n) is 0.783. The van der Waals surface area contributed by atoms with Crippen LogP contribution in [0.15, 0.2) is 29.3 Å².